The van der Waals surface area contributed by atoms with Gasteiger partial charge < -0.3 is 4.90 Å². The van der Waals surface area contributed by atoms with E-state index in [2.05, 4.69) is 6.92 Å². The molecule has 100 valence electrons. The largest absolute Gasteiger partial charge is 0.338 e. The third-order valence-corrected chi connectivity index (χ3v) is 3.56. The zero-order chi connectivity index (χ0) is 13.8. The zero-order valence-corrected chi connectivity index (χ0v) is 11.0. The lowest BCUT2D eigenvalue weighted by molar-refractivity contribution is -0.131. The lowest BCUT2D eigenvalue weighted by atomic mass is 10.0. The van der Waals surface area contributed by atoms with Gasteiger partial charge in [0.15, 0.2) is 0 Å². The summed E-state index contributed by atoms with van der Waals surface area (Å²) in [5.41, 5.74) is 0.977. The summed E-state index contributed by atoms with van der Waals surface area (Å²) in [5.74, 6) is 0.243. The molecule has 1 aliphatic heterocycles. The molecule has 0 aromatic heterocycles. The maximum absolute atomic E-state index is 13.4. The zero-order valence-electron chi connectivity index (χ0n) is 11.0. The lowest BCUT2D eigenvalue weighted by Gasteiger charge is -2.20. The highest BCUT2D eigenvalue weighted by atomic mass is 19.1. The van der Waals surface area contributed by atoms with Crippen LogP contribution in [0, 0.1) is 23.1 Å². The van der Waals surface area contributed by atoms with Crippen LogP contribution in [0.4, 0.5) is 4.39 Å². The minimum absolute atomic E-state index is 0.118. The van der Waals surface area contributed by atoms with Crippen molar-refractivity contribution in [1.29, 1.82) is 5.26 Å². The molecule has 0 saturated carbocycles. The van der Waals surface area contributed by atoms with Crippen LogP contribution in [-0.4, -0.2) is 17.4 Å². The summed E-state index contributed by atoms with van der Waals surface area (Å²) in [6.45, 7) is 3.24. The Balaban J connectivity index is 2.14. The third-order valence-electron chi connectivity index (χ3n) is 3.56. The Morgan fingerprint density at radius 2 is 2.21 bits per heavy atom. The fourth-order valence-corrected chi connectivity index (χ4v) is 2.37. The molecule has 3 nitrogen and oxygen atoms in total. The molecule has 1 atom stereocenters. The predicted octanol–water partition coefficient (Wildman–Crippen LogP) is 2.85. The number of rotatable bonds is 2. The minimum atomic E-state index is -0.426. The van der Waals surface area contributed by atoms with E-state index in [0.717, 1.165) is 12.8 Å². The van der Waals surface area contributed by atoms with Crippen molar-refractivity contribution in [2.24, 2.45) is 5.92 Å². The topological polar surface area (TPSA) is 44.1 Å². The smallest absolute Gasteiger partial charge is 0.222 e. The highest BCUT2D eigenvalue weighted by Crippen LogP contribution is 2.20. The van der Waals surface area contributed by atoms with Gasteiger partial charge in [0.05, 0.1) is 11.6 Å². The fourth-order valence-electron chi connectivity index (χ4n) is 2.37. The Bertz CT molecular complexity index is 521. The number of amides is 1. The molecule has 1 fully saturated rings. The average Bonchev–Trinajstić information content (AvgIpc) is 2.53. The van der Waals surface area contributed by atoms with Gasteiger partial charge in [0.25, 0.3) is 0 Å². The molecule has 0 spiro atoms. The molecule has 2 rings (SSSR count). The van der Waals surface area contributed by atoms with Gasteiger partial charge in [-0.05, 0) is 42.5 Å². The van der Waals surface area contributed by atoms with Crippen molar-refractivity contribution in [3.8, 4) is 6.07 Å². The number of likely N-dealkylation sites (tertiary alicyclic amines) is 1. The van der Waals surface area contributed by atoms with E-state index in [0.29, 0.717) is 36.6 Å². The summed E-state index contributed by atoms with van der Waals surface area (Å²) in [7, 11) is 0. The highest BCUT2D eigenvalue weighted by Gasteiger charge is 2.20. The molecule has 0 N–H and O–H groups in total. The quantitative estimate of drug-likeness (QED) is 0.820. The van der Waals surface area contributed by atoms with Crippen LogP contribution in [0.5, 0.6) is 0 Å². The molecule has 4 heteroatoms. The molecular weight excluding hydrogens is 243 g/mol. The molecule has 0 radical (unpaired) electrons. The maximum atomic E-state index is 13.4. The van der Waals surface area contributed by atoms with E-state index in [1.807, 2.05) is 6.07 Å². The number of halogens is 1. The Hall–Kier alpha value is -1.89. The van der Waals surface area contributed by atoms with Gasteiger partial charge >= 0.3 is 0 Å². The Labute approximate surface area is 112 Å². The summed E-state index contributed by atoms with van der Waals surface area (Å²) >= 11 is 0. The standard InChI is InChI=1S/C15H17FN2O/c1-11-2-3-15(19)18(5-4-11)10-13-6-12(9-17)7-14(16)8-13/h6-8,11H,2-5,10H2,1H3. The van der Waals surface area contributed by atoms with E-state index in [1.54, 1.807) is 11.0 Å². The summed E-state index contributed by atoms with van der Waals surface area (Å²) in [6.07, 6.45) is 2.45. The molecule has 1 aromatic carbocycles. The first-order chi connectivity index (χ1) is 9.08. The van der Waals surface area contributed by atoms with Crippen LogP contribution in [0.2, 0.25) is 0 Å². The molecule has 1 amide bonds. The Morgan fingerprint density at radius 3 is 2.95 bits per heavy atom. The van der Waals surface area contributed by atoms with Gasteiger partial charge in [-0.1, -0.05) is 6.92 Å². The van der Waals surface area contributed by atoms with Crippen LogP contribution in [-0.2, 0) is 11.3 Å². The van der Waals surface area contributed by atoms with Crippen molar-refractivity contribution >= 4 is 5.91 Å². The molecule has 19 heavy (non-hydrogen) atoms. The molecule has 1 heterocycles. The summed E-state index contributed by atoms with van der Waals surface area (Å²) in [6, 6.07) is 6.17. The maximum Gasteiger partial charge on any atom is 0.222 e. The Morgan fingerprint density at radius 1 is 1.42 bits per heavy atom. The van der Waals surface area contributed by atoms with Crippen molar-refractivity contribution in [3.63, 3.8) is 0 Å². The van der Waals surface area contributed by atoms with Gasteiger partial charge in [-0.25, -0.2) is 4.39 Å². The number of hydrogen-bond acceptors (Lipinski definition) is 2. The van der Waals surface area contributed by atoms with Crippen LogP contribution < -0.4 is 0 Å². The van der Waals surface area contributed by atoms with Crippen molar-refractivity contribution < 1.29 is 9.18 Å². The SMILES string of the molecule is CC1CCC(=O)N(Cc2cc(F)cc(C#N)c2)CC1. The van der Waals surface area contributed by atoms with Gasteiger partial charge in [0.2, 0.25) is 5.91 Å². The van der Waals surface area contributed by atoms with E-state index >= 15 is 0 Å². The van der Waals surface area contributed by atoms with Gasteiger partial charge in [0, 0.05) is 19.5 Å². The first-order valence-corrected chi connectivity index (χ1v) is 6.56. The second kappa shape index (κ2) is 5.83. The average molecular weight is 260 g/mol. The number of carbonyl (C=O) groups excluding carboxylic acids is 1. The van der Waals surface area contributed by atoms with Crippen molar-refractivity contribution in [3.05, 3.63) is 35.1 Å². The van der Waals surface area contributed by atoms with E-state index in [1.165, 1.54) is 12.1 Å². The molecule has 0 aliphatic carbocycles. The molecule has 1 saturated heterocycles. The summed E-state index contributed by atoms with van der Waals surface area (Å²) < 4.78 is 13.4. The fraction of sp³-hybridized carbons (Fsp3) is 0.467. The van der Waals surface area contributed by atoms with Crippen molar-refractivity contribution in [1.82, 2.24) is 4.90 Å². The molecule has 1 aliphatic rings. The van der Waals surface area contributed by atoms with Gasteiger partial charge in [-0.2, -0.15) is 5.26 Å². The summed E-state index contributed by atoms with van der Waals surface area (Å²) in [5, 5.41) is 8.83. The van der Waals surface area contributed by atoms with Gasteiger partial charge in [-0.15, -0.1) is 0 Å². The monoisotopic (exact) mass is 260 g/mol. The first kappa shape index (κ1) is 13.5. The minimum Gasteiger partial charge on any atom is -0.338 e. The molecule has 1 aromatic rings. The van der Waals surface area contributed by atoms with Crippen LogP contribution in [0.1, 0.15) is 37.3 Å². The van der Waals surface area contributed by atoms with Crippen molar-refractivity contribution in [2.45, 2.75) is 32.7 Å². The number of hydrogen-bond donors (Lipinski definition) is 0. The number of carbonyl (C=O) groups is 1. The molecule has 1 unspecified atom stereocenters. The lowest BCUT2D eigenvalue weighted by Crippen LogP contribution is -2.29. The van der Waals surface area contributed by atoms with E-state index < -0.39 is 5.82 Å². The van der Waals surface area contributed by atoms with Gasteiger partial charge in [0.1, 0.15) is 5.82 Å². The van der Waals surface area contributed by atoms with Crippen LogP contribution in [0.3, 0.4) is 0 Å². The first-order valence-electron chi connectivity index (χ1n) is 6.56. The Kier molecular flexibility index (Phi) is 4.16. The normalized spacial score (nSPS) is 19.9. The summed E-state index contributed by atoms with van der Waals surface area (Å²) in [4.78, 5) is 13.7. The van der Waals surface area contributed by atoms with Crippen molar-refractivity contribution in [2.75, 3.05) is 6.54 Å². The second-order valence-electron chi connectivity index (χ2n) is 5.21. The van der Waals surface area contributed by atoms with E-state index in [9.17, 15) is 9.18 Å². The van der Waals surface area contributed by atoms with E-state index in [-0.39, 0.29) is 5.91 Å². The second-order valence-corrected chi connectivity index (χ2v) is 5.21. The van der Waals surface area contributed by atoms with Crippen LogP contribution in [0.15, 0.2) is 18.2 Å². The number of nitriles is 1. The molecular formula is C15H17FN2O. The molecule has 0 bridgehead atoms. The highest BCUT2D eigenvalue weighted by molar-refractivity contribution is 5.76. The predicted molar refractivity (Wildman–Crippen MR) is 69.5 cm³/mol. The van der Waals surface area contributed by atoms with Crippen LogP contribution >= 0.6 is 0 Å². The van der Waals surface area contributed by atoms with Gasteiger partial charge in [-0.3, -0.25) is 4.79 Å². The number of nitrogens with zero attached hydrogens (tertiary/aromatic N) is 2. The van der Waals surface area contributed by atoms with E-state index in [4.69, 9.17) is 5.26 Å². The number of benzene rings is 1. The van der Waals surface area contributed by atoms with Crippen LogP contribution in [0.25, 0.3) is 0 Å². The third kappa shape index (κ3) is 3.54.